The summed E-state index contributed by atoms with van der Waals surface area (Å²) in [6, 6.07) is 1.24. The number of unbranched alkanes of at least 4 members (excludes halogenated alkanes) is 8. The minimum absolute atomic E-state index is 0.0933. The molecule has 1 fully saturated rings. The number of allylic oxidation sites excluding steroid dienone is 10. The third-order valence-electron chi connectivity index (χ3n) is 10.6. The highest BCUT2D eigenvalue weighted by Crippen LogP contribution is 2.60. The van der Waals surface area contributed by atoms with E-state index in [0.717, 1.165) is 61.6 Å². The molecule has 21 heteroatoms. The van der Waals surface area contributed by atoms with Crippen molar-refractivity contribution in [3.05, 3.63) is 95.7 Å². The number of phosphoric acid groups is 2. The van der Waals surface area contributed by atoms with E-state index in [9.17, 15) is 48.6 Å². The second-order valence-corrected chi connectivity index (χ2v) is 20.3. The molecule has 0 saturated carbocycles. The predicted octanol–water partition coefficient (Wildman–Crippen LogP) is 8.55. The number of aromatic nitrogens is 2. The molecule has 19 nitrogen and oxygen atoms in total. The maximum absolute atomic E-state index is 12.8. The van der Waals surface area contributed by atoms with Gasteiger partial charge < -0.3 is 45.1 Å². The van der Waals surface area contributed by atoms with Crippen LogP contribution < -0.4 is 11.4 Å². The first kappa shape index (κ1) is 62.3. The molecule has 0 aromatic carbocycles. The predicted molar refractivity (Wildman–Crippen MR) is 267 cm³/mol. The van der Waals surface area contributed by atoms with Gasteiger partial charge in [0.25, 0.3) is 0 Å². The molecule has 396 valence electrons. The van der Waals surface area contributed by atoms with Gasteiger partial charge in [-0.25, -0.2) is 13.9 Å². The minimum Gasteiger partial charge on any atom is -0.462 e. The summed E-state index contributed by atoms with van der Waals surface area (Å²) in [4.78, 5) is 61.8. The Labute approximate surface area is 413 Å². The number of phosphoric ester groups is 2. The summed E-state index contributed by atoms with van der Waals surface area (Å²) in [5.74, 6) is -0.700. The number of aliphatic hydroxyl groups excluding tert-OH is 3. The van der Waals surface area contributed by atoms with Crippen molar-refractivity contribution in [2.24, 2.45) is 5.92 Å². The van der Waals surface area contributed by atoms with Gasteiger partial charge in [-0.15, -0.1) is 0 Å². The first-order chi connectivity index (χ1) is 33.4. The van der Waals surface area contributed by atoms with Crippen LogP contribution in [0.5, 0.6) is 0 Å². The minimum atomic E-state index is -5.45. The molecule has 1 aromatic heterocycles. The Balaban J connectivity index is 1.86. The molecule has 2 rings (SSSR count). The van der Waals surface area contributed by atoms with Gasteiger partial charge in [-0.3, -0.25) is 23.2 Å². The molecular weight excluding hydrogens is 948 g/mol. The lowest BCUT2D eigenvalue weighted by Crippen LogP contribution is -2.36. The second kappa shape index (κ2) is 36.1. The Hall–Kier alpha value is -3.84. The standard InChI is InChI=1S/C49H79N3O16P2/c1-4-5-24-30-40(53)31-26-21-17-13-9-7-6-8-10-14-19-23-28-33-45(55)66-41(36-63-44(54)32-27-22-18-15-11-12-16-20-25-29-39(2)3)37-64-69(59,60)68-70(61,62)65-38-42-46(56)47(57)48(67-42)52-35-34-43(50)51-49(52)58/h5,7-10,17,19,21,23-24,26,31,34-35,39-42,46-48,53,56-57H,4,6,11-16,18,20,22,25,27-30,32-33,36-38H2,1-3H3,(H,59,60)(H,61,62)(H2,50,51,58)/b9-7-,10-8-,21-17+,23-19-,24-5-,31-26+/t40?,41-,42-,46-,47-,48-/m1/s1. The third kappa shape index (κ3) is 29.5. The van der Waals surface area contributed by atoms with Crippen LogP contribution in [0.25, 0.3) is 0 Å². The van der Waals surface area contributed by atoms with Gasteiger partial charge in [0.05, 0.1) is 19.3 Å². The summed E-state index contributed by atoms with van der Waals surface area (Å²) >= 11 is 0. The molecule has 0 bridgehead atoms. The smallest absolute Gasteiger partial charge is 0.462 e. The zero-order valence-electron chi connectivity index (χ0n) is 41.1. The lowest BCUT2D eigenvalue weighted by Gasteiger charge is -2.21. The van der Waals surface area contributed by atoms with E-state index in [1.54, 1.807) is 12.2 Å². The van der Waals surface area contributed by atoms with Gasteiger partial charge >= 0.3 is 33.3 Å². The number of esters is 2. The number of hydrogen-bond acceptors (Lipinski definition) is 16. The normalized spacial score (nSPS) is 20.4. The number of ether oxygens (including phenoxy) is 3. The average molecular weight is 1030 g/mol. The first-order valence-corrected chi connectivity index (χ1v) is 27.4. The third-order valence-corrected chi connectivity index (χ3v) is 13.2. The van der Waals surface area contributed by atoms with Crippen molar-refractivity contribution < 1.29 is 71.4 Å². The Morgan fingerprint density at radius 3 is 2.06 bits per heavy atom. The molecule has 7 N–H and O–H groups in total. The van der Waals surface area contributed by atoms with E-state index in [2.05, 4.69) is 23.1 Å². The van der Waals surface area contributed by atoms with E-state index in [0.29, 0.717) is 25.7 Å². The van der Waals surface area contributed by atoms with E-state index >= 15 is 0 Å². The van der Waals surface area contributed by atoms with Gasteiger partial charge in [0, 0.05) is 19.0 Å². The summed E-state index contributed by atoms with van der Waals surface area (Å²) in [6.45, 7) is 4.11. The van der Waals surface area contributed by atoms with E-state index in [1.807, 2.05) is 67.7 Å². The molecule has 1 aliphatic rings. The SMILES string of the molecule is CC/C=C\CC(O)/C=C/C=C/C/C=C\C/C=C\C/C=C\CCC(=O)O[C@H](COC(=O)CCCCCCCCCCCC(C)C)COP(=O)(O)OP(=O)(O)OC[C@H]1O[C@@H](n2ccc(N)nc2=O)[C@H](O)[C@@H]1O. The topological polar surface area (TPSA) is 286 Å². The molecule has 8 atom stereocenters. The number of nitrogens with zero attached hydrogens (tertiary/aromatic N) is 2. The molecule has 1 aliphatic heterocycles. The quantitative estimate of drug-likeness (QED) is 0.0119. The lowest BCUT2D eigenvalue weighted by molar-refractivity contribution is -0.161. The molecule has 1 saturated heterocycles. The molecule has 70 heavy (non-hydrogen) atoms. The van der Waals surface area contributed by atoms with Crippen LogP contribution in [0, 0.1) is 5.92 Å². The molecule has 0 aliphatic carbocycles. The van der Waals surface area contributed by atoms with E-state index in [-0.39, 0.29) is 18.7 Å². The Morgan fingerprint density at radius 1 is 0.800 bits per heavy atom. The lowest BCUT2D eigenvalue weighted by atomic mass is 10.0. The summed E-state index contributed by atoms with van der Waals surface area (Å²) in [5, 5.41) is 30.8. The molecule has 2 heterocycles. The van der Waals surface area contributed by atoms with Gasteiger partial charge in [-0.2, -0.15) is 9.29 Å². The number of rotatable bonds is 38. The van der Waals surface area contributed by atoms with Crippen molar-refractivity contribution in [3.63, 3.8) is 0 Å². The highest BCUT2D eigenvalue weighted by Gasteiger charge is 2.46. The Morgan fingerprint density at radius 2 is 1.41 bits per heavy atom. The molecule has 0 amide bonds. The summed E-state index contributed by atoms with van der Waals surface area (Å²) in [7, 11) is -10.9. The Kier molecular flexibility index (Phi) is 32.1. The van der Waals surface area contributed by atoms with Crippen molar-refractivity contribution in [3.8, 4) is 0 Å². The van der Waals surface area contributed by atoms with Crippen LogP contribution in [-0.2, 0) is 46.3 Å². The van der Waals surface area contributed by atoms with E-state index < -0.39 is 89.8 Å². The van der Waals surface area contributed by atoms with Crippen molar-refractivity contribution in [1.82, 2.24) is 9.55 Å². The average Bonchev–Trinajstić information content (AvgIpc) is 3.58. The van der Waals surface area contributed by atoms with E-state index in [4.69, 9.17) is 29.0 Å². The van der Waals surface area contributed by atoms with Crippen molar-refractivity contribution >= 4 is 33.4 Å². The van der Waals surface area contributed by atoms with Crippen molar-refractivity contribution in [1.29, 1.82) is 0 Å². The fourth-order valence-electron chi connectivity index (χ4n) is 6.78. The van der Waals surface area contributed by atoms with Gasteiger partial charge in [-0.1, -0.05) is 151 Å². The molecule has 1 aromatic rings. The number of nitrogen functional groups attached to an aromatic ring is 1. The highest BCUT2D eigenvalue weighted by molar-refractivity contribution is 7.61. The molecular formula is C49H79N3O16P2. The van der Waals surface area contributed by atoms with Crippen molar-refractivity contribution in [2.45, 2.75) is 173 Å². The molecule has 0 radical (unpaired) electrons. The van der Waals surface area contributed by atoms with Crippen LogP contribution in [-0.4, -0.2) is 96.9 Å². The van der Waals surface area contributed by atoms with Crippen LogP contribution in [0.4, 0.5) is 5.82 Å². The number of nitrogens with two attached hydrogens (primary N) is 1. The Bertz CT molecular complexity index is 1990. The van der Waals surface area contributed by atoms with Gasteiger partial charge in [0.2, 0.25) is 0 Å². The van der Waals surface area contributed by atoms with Gasteiger partial charge in [-0.05, 0) is 56.9 Å². The highest BCUT2D eigenvalue weighted by atomic mass is 31.3. The summed E-state index contributed by atoms with van der Waals surface area (Å²) in [5.41, 5.74) is 4.57. The molecule has 0 spiro atoms. The molecule has 3 unspecified atom stereocenters. The first-order valence-electron chi connectivity index (χ1n) is 24.4. The number of hydrogen-bond donors (Lipinski definition) is 6. The monoisotopic (exact) mass is 1030 g/mol. The fourth-order valence-corrected chi connectivity index (χ4v) is 8.89. The number of carbonyl (C=O) groups excluding carboxylic acids is 2. The fraction of sp³-hybridized carbons (Fsp3) is 0.633. The van der Waals surface area contributed by atoms with Crippen molar-refractivity contribution in [2.75, 3.05) is 25.6 Å². The zero-order valence-corrected chi connectivity index (χ0v) is 42.9. The van der Waals surface area contributed by atoms with Crippen LogP contribution in [0.1, 0.15) is 143 Å². The van der Waals surface area contributed by atoms with Crippen LogP contribution >= 0.6 is 15.6 Å². The summed E-state index contributed by atoms with van der Waals surface area (Å²) < 4.78 is 56.6. The van der Waals surface area contributed by atoms with Gasteiger partial charge in [0.15, 0.2) is 12.3 Å². The summed E-state index contributed by atoms with van der Waals surface area (Å²) in [6.07, 6.45) is 30.7. The number of carbonyl (C=O) groups is 2. The largest absolute Gasteiger partial charge is 0.481 e. The van der Waals surface area contributed by atoms with E-state index in [1.165, 1.54) is 38.2 Å². The number of anilines is 1. The number of aliphatic hydroxyl groups is 3. The van der Waals surface area contributed by atoms with Crippen LogP contribution in [0.15, 0.2) is 90.0 Å². The van der Waals surface area contributed by atoms with Crippen LogP contribution in [0.2, 0.25) is 0 Å². The maximum Gasteiger partial charge on any atom is 0.481 e. The zero-order chi connectivity index (χ0) is 51.6. The maximum atomic E-state index is 12.8. The van der Waals surface area contributed by atoms with Crippen LogP contribution in [0.3, 0.4) is 0 Å². The second-order valence-electron chi connectivity index (χ2n) is 17.3. The van der Waals surface area contributed by atoms with Gasteiger partial charge in [0.1, 0.15) is 30.7 Å².